The Morgan fingerprint density at radius 1 is 1.23 bits per heavy atom. The number of carbonyl (C=O) groups excluding carboxylic acids is 1. The Morgan fingerprint density at radius 3 is 2.46 bits per heavy atom. The molecule has 0 bridgehead atoms. The van der Waals surface area contributed by atoms with E-state index in [1.807, 2.05) is 22.9 Å². The number of hydrogen-bond acceptors (Lipinski definition) is 4. The monoisotopic (exact) mass is 357 g/mol. The van der Waals surface area contributed by atoms with Gasteiger partial charge in [0.1, 0.15) is 6.04 Å². The van der Waals surface area contributed by atoms with Gasteiger partial charge in [-0.05, 0) is 23.9 Å². The summed E-state index contributed by atoms with van der Waals surface area (Å²) in [5, 5.41) is 12.3. The Labute approximate surface area is 154 Å². The lowest BCUT2D eigenvalue weighted by Gasteiger charge is -2.19. The predicted molar refractivity (Wildman–Crippen MR) is 100 cm³/mol. The molecule has 1 heterocycles. The Kier molecular flexibility index (Phi) is 6.69. The van der Waals surface area contributed by atoms with Crippen molar-refractivity contribution in [1.29, 1.82) is 0 Å². The zero-order valence-corrected chi connectivity index (χ0v) is 15.6. The second-order valence-electron chi connectivity index (χ2n) is 7.45. The van der Waals surface area contributed by atoms with E-state index < -0.39 is 12.0 Å². The summed E-state index contributed by atoms with van der Waals surface area (Å²) < 4.78 is 1.93. The number of nitrogens with zero attached hydrogens (tertiary/aromatic N) is 2. The summed E-state index contributed by atoms with van der Waals surface area (Å²) in [5.74, 6) is -1.17. The topological polar surface area (TPSA) is 84.2 Å². The normalized spacial score (nSPS) is 12.7. The van der Waals surface area contributed by atoms with Crippen molar-refractivity contribution < 1.29 is 14.7 Å². The molecule has 0 amide bonds. The molecule has 1 atom stereocenters. The molecule has 1 aromatic heterocycles. The fraction of sp³-hybridized carbons (Fsp3) is 0.450. The largest absolute Gasteiger partial charge is 0.480 e. The Hall–Kier alpha value is -2.47. The number of Topliss-reactive ketones (excluding diaryl/α,β-unsaturated/α-hetero) is 1. The van der Waals surface area contributed by atoms with Crippen LogP contribution in [0.1, 0.15) is 49.5 Å². The molecule has 2 rings (SSSR count). The van der Waals surface area contributed by atoms with Crippen molar-refractivity contribution in [2.45, 2.75) is 51.6 Å². The minimum absolute atomic E-state index is 0.0158. The van der Waals surface area contributed by atoms with Crippen molar-refractivity contribution in [3.8, 4) is 0 Å². The van der Waals surface area contributed by atoms with Gasteiger partial charge in [0, 0.05) is 30.9 Å². The standard InChI is InChI=1S/C20H27N3O3/c1-20(2,3)16-7-5-15(6-8-16)18(24)13-17(19(25)26)22-9-4-11-23-12-10-21-14-23/h5-8,10,12,14,17,22H,4,9,11,13H2,1-3H3,(H,25,26)/t17-/m1/s1. The number of carboxylic acid groups (broad SMARTS) is 1. The number of nitrogens with one attached hydrogen (secondary N) is 1. The lowest BCUT2D eigenvalue weighted by Crippen LogP contribution is -2.39. The molecule has 6 nitrogen and oxygen atoms in total. The van der Waals surface area contributed by atoms with Gasteiger partial charge >= 0.3 is 5.97 Å². The maximum absolute atomic E-state index is 12.4. The number of rotatable bonds is 9. The molecule has 140 valence electrons. The number of benzene rings is 1. The van der Waals surface area contributed by atoms with E-state index >= 15 is 0 Å². The molecule has 0 fully saturated rings. The summed E-state index contributed by atoms with van der Waals surface area (Å²) in [6.45, 7) is 7.60. The van der Waals surface area contributed by atoms with E-state index in [9.17, 15) is 14.7 Å². The molecule has 26 heavy (non-hydrogen) atoms. The van der Waals surface area contributed by atoms with Gasteiger partial charge in [0.05, 0.1) is 6.33 Å². The van der Waals surface area contributed by atoms with Gasteiger partial charge in [-0.25, -0.2) is 4.98 Å². The molecular weight excluding hydrogens is 330 g/mol. The van der Waals surface area contributed by atoms with Crippen LogP contribution in [0.2, 0.25) is 0 Å². The van der Waals surface area contributed by atoms with Crippen LogP contribution in [-0.2, 0) is 16.8 Å². The lowest BCUT2D eigenvalue weighted by molar-refractivity contribution is -0.139. The van der Waals surface area contributed by atoms with Gasteiger partial charge in [0.25, 0.3) is 0 Å². The maximum Gasteiger partial charge on any atom is 0.321 e. The molecule has 0 aliphatic carbocycles. The van der Waals surface area contributed by atoms with E-state index in [1.54, 1.807) is 24.7 Å². The van der Waals surface area contributed by atoms with Crippen molar-refractivity contribution in [3.05, 3.63) is 54.1 Å². The zero-order chi connectivity index (χ0) is 19.2. The maximum atomic E-state index is 12.4. The number of imidazole rings is 1. The van der Waals surface area contributed by atoms with Crippen molar-refractivity contribution in [1.82, 2.24) is 14.9 Å². The SMILES string of the molecule is CC(C)(C)c1ccc(C(=O)C[C@@H](NCCCn2ccnc2)C(=O)O)cc1. The molecule has 0 radical (unpaired) electrons. The molecule has 6 heteroatoms. The van der Waals surface area contributed by atoms with Crippen molar-refractivity contribution >= 4 is 11.8 Å². The van der Waals surface area contributed by atoms with Crippen molar-refractivity contribution in [3.63, 3.8) is 0 Å². The third-order valence-electron chi connectivity index (χ3n) is 4.30. The number of aliphatic carboxylic acids is 1. The van der Waals surface area contributed by atoms with Gasteiger partial charge < -0.3 is 15.0 Å². The van der Waals surface area contributed by atoms with E-state index in [0.29, 0.717) is 12.1 Å². The Bertz CT molecular complexity index is 716. The summed E-state index contributed by atoms with van der Waals surface area (Å²) in [6.07, 6.45) is 5.99. The molecule has 0 unspecified atom stereocenters. The van der Waals surface area contributed by atoms with Gasteiger partial charge in [0.15, 0.2) is 5.78 Å². The second kappa shape index (κ2) is 8.76. The Morgan fingerprint density at radius 2 is 1.92 bits per heavy atom. The van der Waals surface area contributed by atoms with Gasteiger partial charge in [0.2, 0.25) is 0 Å². The average Bonchev–Trinajstić information content (AvgIpc) is 3.10. The zero-order valence-electron chi connectivity index (χ0n) is 15.6. The van der Waals surface area contributed by atoms with E-state index in [4.69, 9.17) is 0 Å². The van der Waals surface area contributed by atoms with E-state index in [0.717, 1.165) is 18.5 Å². The summed E-state index contributed by atoms with van der Waals surface area (Å²) in [4.78, 5) is 27.8. The van der Waals surface area contributed by atoms with Crippen LogP contribution in [0.25, 0.3) is 0 Å². The first-order valence-corrected chi connectivity index (χ1v) is 8.83. The number of carbonyl (C=O) groups is 2. The van der Waals surface area contributed by atoms with Gasteiger partial charge in [-0.15, -0.1) is 0 Å². The van der Waals surface area contributed by atoms with Gasteiger partial charge in [-0.2, -0.15) is 0 Å². The highest BCUT2D eigenvalue weighted by molar-refractivity contribution is 5.98. The van der Waals surface area contributed by atoms with Crippen molar-refractivity contribution in [2.75, 3.05) is 6.54 Å². The molecule has 0 aliphatic rings. The smallest absolute Gasteiger partial charge is 0.321 e. The third kappa shape index (κ3) is 5.81. The summed E-state index contributed by atoms with van der Waals surface area (Å²) in [6, 6.07) is 6.54. The molecule has 2 N–H and O–H groups in total. The van der Waals surface area contributed by atoms with E-state index in [1.165, 1.54) is 0 Å². The van der Waals surface area contributed by atoms with Crippen LogP contribution in [0.5, 0.6) is 0 Å². The van der Waals surface area contributed by atoms with Crippen LogP contribution in [0.4, 0.5) is 0 Å². The molecule has 1 aromatic carbocycles. The molecule has 0 saturated heterocycles. The first kappa shape index (κ1) is 19.8. The van der Waals surface area contributed by atoms with Gasteiger partial charge in [-0.1, -0.05) is 45.0 Å². The van der Waals surface area contributed by atoms with Crippen LogP contribution >= 0.6 is 0 Å². The summed E-state index contributed by atoms with van der Waals surface area (Å²) >= 11 is 0. The van der Waals surface area contributed by atoms with Crippen LogP contribution in [0, 0.1) is 0 Å². The number of carboxylic acids is 1. The van der Waals surface area contributed by atoms with Crippen LogP contribution in [0.3, 0.4) is 0 Å². The molecule has 0 saturated carbocycles. The molecule has 2 aromatic rings. The number of hydrogen-bond donors (Lipinski definition) is 2. The highest BCUT2D eigenvalue weighted by Crippen LogP contribution is 2.22. The van der Waals surface area contributed by atoms with Crippen LogP contribution < -0.4 is 5.32 Å². The summed E-state index contributed by atoms with van der Waals surface area (Å²) in [7, 11) is 0. The first-order valence-electron chi connectivity index (χ1n) is 8.83. The van der Waals surface area contributed by atoms with Gasteiger partial charge in [-0.3, -0.25) is 9.59 Å². The highest BCUT2D eigenvalue weighted by atomic mass is 16.4. The van der Waals surface area contributed by atoms with E-state index in [2.05, 4.69) is 31.1 Å². The van der Waals surface area contributed by atoms with Crippen LogP contribution in [0.15, 0.2) is 43.0 Å². The van der Waals surface area contributed by atoms with Crippen LogP contribution in [-0.4, -0.2) is 39.0 Å². The van der Waals surface area contributed by atoms with E-state index in [-0.39, 0.29) is 17.6 Å². The number of ketones is 1. The third-order valence-corrected chi connectivity index (χ3v) is 4.30. The quantitative estimate of drug-likeness (QED) is 0.532. The summed E-state index contributed by atoms with van der Waals surface area (Å²) in [5.41, 5.74) is 1.70. The Balaban J connectivity index is 1.87. The molecule has 0 aliphatic heterocycles. The minimum atomic E-state index is -1.01. The molecule has 0 spiro atoms. The highest BCUT2D eigenvalue weighted by Gasteiger charge is 2.22. The fourth-order valence-corrected chi connectivity index (χ4v) is 2.66. The predicted octanol–water partition coefficient (Wildman–Crippen LogP) is 2.89. The molecular formula is C20H27N3O3. The second-order valence-corrected chi connectivity index (χ2v) is 7.45. The lowest BCUT2D eigenvalue weighted by atomic mass is 9.86. The van der Waals surface area contributed by atoms with Crippen molar-refractivity contribution in [2.24, 2.45) is 0 Å². The number of aromatic nitrogens is 2. The fourth-order valence-electron chi connectivity index (χ4n) is 2.66. The first-order chi connectivity index (χ1) is 12.3. The number of aryl methyl sites for hydroxylation is 1. The average molecular weight is 357 g/mol. The minimum Gasteiger partial charge on any atom is -0.480 e.